The molecule has 7 nitrogen and oxygen atoms in total. The van der Waals surface area contributed by atoms with Crippen molar-refractivity contribution in [1.82, 2.24) is 0 Å². The highest BCUT2D eigenvalue weighted by atomic mass is 32.3. The summed E-state index contributed by atoms with van der Waals surface area (Å²) in [4.78, 5) is 11.5. The second-order valence-corrected chi connectivity index (χ2v) is 8.88. The molecule has 1 aromatic rings. The minimum absolute atomic E-state index is 0.126. The van der Waals surface area contributed by atoms with Crippen molar-refractivity contribution < 1.29 is 43.4 Å². The van der Waals surface area contributed by atoms with Gasteiger partial charge in [0.25, 0.3) is 0 Å². The number of nitrogens with zero attached hydrogens (tertiary/aromatic N) is 1. The molecule has 0 heterocycles. The van der Waals surface area contributed by atoms with Gasteiger partial charge in [0.15, 0.2) is 5.82 Å². The normalized spacial score (nSPS) is 12.0. The summed E-state index contributed by atoms with van der Waals surface area (Å²) in [6.07, 6.45) is -0.690. The number of rotatable bonds is 10. The van der Waals surface area contributed by atoms with Gasteiger partial charge in [-0.25, -0.2) is 26.3 Å². The molecule has 0 radical (unpaired) electrons. The zero-order valence-corrected chi connectivity index (χ0v) is 15.8. The van der Waals surface area contributed by atoms with E-state index in [2.05, 4.69) is 4.74 Å². The van der Waals surface area contributed by atoms with Crippen LogP contribution in [0.25, 0.3) is 0 Å². The topological polar surface area (TPSA) is 97.8 Å². The van der Waals surface area contributed by atoms with E-state index in [-0.39, 0.29) is 10.7 Å². The SMILES string of the molecule is COC(=O)c1c(F)ccc(N(CCCS(=O)(=O)CCCF)S(=O)(=O)F)c1F. The Balaban J connectivity index is 3.15. The van der Waals surface area contributed by atoms with Crippen molar-refractivity contribution in [1.29, 1.82) is 0 Å². The molecule has 0 unspecified atom stereocenters. The van der Waals surface area contributed by atoms with Crippen LogP contribution in [0.1, 0.15) is 23.2 Å². The van der Waals surface area contributed by atoms with Gasteiger partial charge in [0, 0.05) is 6.54 Å². The Hall–Kier alpha value is -1.89. The smallest absolute Gasteiger partial charge is 0.399 e. The maximum atomic E-state index is 14.4. The molecule has 0 saturated carbocycles. The molecule has 0 bridgehead atoms. The predicted octanol–water partition coefficient (Wildman–Crippen LogP) is 1.94. The van der Waals surface area contributed by atoms with Crippen LogP contribution in [0.2, 0.25) is 0 Å². The molecule has 0 atom stereocenters. The zero-order chi connectivity index (χ0) is 20.8. The Morgan fingerprint density at radius 3 is 2.22 bits per heavy atom. The van der Waals surface area contributed by atoms with E-state index in [0.29, 0.717) is 12.1 Å². The fourth-order valence-corrected chi connectivity index (χ4v) is 4.22. The lowest BCUT2D eigenvalue weighted by Gasteiger charge is -2.21. The van der Waals surface area contributed by atoms with Crippen molar-refractivity contribution in [2.75, 3.05) is 36.1 Å². The minimum Gasteiger partial charge on any atom is -0.465 e. The van der Waals surface area contributed by atoms with Gasteiger partial charge in [0.2, 0.25) is 0 Å². The van der Waals surface area contributed by atoms with Gasteiger partial charge in [0.05, 0.1) is 31.0 Å². The van der Waals surface area contributed by atoms with Crippen LogP contribution in [0.15, 0.2) is 12.1 Å². The Bertz CT molecular complexity index is 889. The molecule has 1 aromatic carbocycles. The number of hydrogen-bond acceptors (Lipinski definition) is 6. The molecular weight excluding hydrogens is 418 g/mol. The lowest BCUT2D eigenvalue weighted by Crippen LogP contribution is -2.31. The van der Waals surface area contributed by atoms with Gasteiger partial charge >= 0.3 is 16.4 Å². The third kappa shape index (κ3) is 6.34. The highest BCUT2D eigenvalue weighted by Gasteiger charge is 2.29. The number of sulfone groups is 1. The minimum atomic E-state index is -5.57. The Morgan fingerprint density at radius 1 is 1.11 bits per heavy atom. The van der Waals surface area contributed by atoms with E-state index in [1.807, 2.05) is 0 Å². The second kappa shape index (κ2) is 9.35. The summed E-state index contributed by atoms with van der Waals surface area (Å²) in [5, 5.41) is 0. The summed E-state index contributed by atoms with van der Waals surface area (Å²) in [5.41, 5.74) is -2.21. The number of halogens is 4. The van der Waals surface area contributed by atoms with Gasteiger partial charge in [-0.3, -0.25) is 4.39 Å². The van der Waals surface area contributed by atoms with E-state index in [1.165, 1.54) is 0 Å². The fraction of sp³-hybridized carbons (Fsp3) is 0.500. The van der Waals surface area contributed by atoms with Gasteiger partial charge in [-0.15, -0.1) is 0 Å². The van der Waals surface area contributed by atoms with Crippen LogP contribution < -0.4 is 4.31 Å². The molecule has 0 saturated heterocycles. The van der Waals surface area contributed by atoms with E-state index < -0.39 is 80.2 Å². The predicted molar refractivity (Wildman–Crippen MR) is 88.9 cm³/mol. The van der Waals surface area contributed by atoms with Crippen molar-refractivity contribution >= 4 is 31.9 Å². The highest BCUT2D eigenvalue weighted by molar-refractivity contribution is 7.91. The van der Waals surface area contributed by atoms with Crippen LogP contribution >= 0.6 is 0 Å². The van der Waals surface area contributed by atoms with Crippen molar-refractivity contribution in [3.63, 3.8) is 0 Å². The Morgan fingerprint density at radius 2 is 1.70 bits per heavy atom. The monoisotopic (exact) mass is 435 g/mol. The summed E-state index contributed by atoms with van der Waals surface area (Å²) in [6.45, 7) is -1.67. The average molecular weight is 435 g/mol. The maximum Gasteiger partial charge on any atom is 0.399 e. The maximum absolute atomic E-state index is 14.4. The first-order chi connectivity index (χ1) is 12.4. The molecule has 0 N–H and O–H groups in total. The quantitative estimate of drug-likeness (QED) is 0.317. The van der Waals surface area contributed by atoms with E-state index in [0.717, 1.165) is 7.11 Å². The van der Waals surface area contributed by atoms with Gasteiger partial charge in [-0.05, 0) is 25.0 Å². The van der Waals surface area contributed by atoms with Crippen LogP contribution in [0.3, 0.4) is 0 Å². The Labute approximate surface area is 154 Å². The zero-order valence-electron chi connectivity index (χ0n) is 14.1. The van der Waals surface area contributed by atoms with Crippen LogP contribution in [0, 0.1) is 11.6 Å². The molecule has 0 aromatic heterocycles. The van der Waals surface area contributed by atoms with Crippen molar-refractivity contribution in [3.05, 3.63) is 29.3 Å². The van der Waals surface area contributed by atoms with Crippen molar-refractivity contribution in [2.24, 2.45) is 0 Å². The van der Waals surface area contributed by atoms with Gasteiger partial charge < -0.3 is 4.74 Å². The molecule has 0 aliphatic heterocycles. The van der Waals surface area contributed by atoms with Crippen LogP contribution in [0.4, 0.5) is 22.7 Å². The molecule has 0 fully saturated rings. The van der Waals surface area contributed by atoms with E-state index in [4.69, 9.17) is 0 Å². The van der Waals surface area contributed by atoms with Crippen molar-refractivity contribution in [2.45, 2.75) is 12.8 Å². The highest BCUT2D eigenvalue weighted by Crippen LogP contribution is 2.28. The fourth-order valence-electron chi connectivity index (χ4n) is 2.17. The van der Waals surface area contributed by atoms with Crippen LogP contribution in [-0.2, 0) is 25.0 Å². The number of anilines is 1. The number of hydrogen-bond donors (Lipinski definition) is 0. The number of carbonyl (C=O) groups is 1. The molecule has 1 rings (SSSR count). The third-order valence-electron chi connectivity index (χ3n) is 3.40. The van der Waals surface area contributed by atoms with Crippen molar-refractivity contribution in [3.8, 4) is 0 Å². The van der Waals surface area contributed by atoms with Gasteiger partial charge in [-0.2, -0.15) is 8.42 Å². The molecule has 0 spiro atoms. The van der Waals surface area contributed by atoms with Gasteiger partial charge in [0.1, 0.15) is 21.2 Å². The number of ether oxygens (including phenoxy) is 1. The molecule has 0 amide bonds. The lowest BCUT2D eigenvalue weighted by molar-refractivity contribution is 0.0590. The summed E-state index contributed by atoms with van der Waals surface area (Å²) in [7, 11) is -8.46. The third-order valence-corrected chi connectivity index (χ3v) is 6.12. The van der Waals surface area contributed by atoms with E-state index >= 15 is 0 Å². The molecule has 0 aliphatic carbocycles. The first-order valence-electron chi connectivity index (χ1n) is 7.49. The number of carbonyl (C=O) groups excluding carboxylic acids is 1. The molecule has 13 heteroatoms. The largest absolute Gasteiger partial charge is 0.465 e. The standard InChI is InChI=1S/C14H17F4NO6S2/c1-25-14(20)12-10(16)4-5-11(13(12)17)19(27(18,23)24)7-3-9-26(21,22)8-2-6-15/h4-5H,2-3,6-9H2,1H3. The van der Waals surface area contributed by atoms with Gasteiger partial charge in [-0.1, -0.05) is 3.89 Å². The summed E-state index contributed by atoms with van der Waals surface area (Å²) < 4.78 is 104. The average Bonchev–Trinajstić information content (AvgIpc) is 2.56. The number of esters is 1. The van der Waals surface area contributed by atoms with Crippen LogP contribution in [0.5, 0.6) is 0 Å². The number of methoxy groups -OCH3 is 1. The lowest BCUT2D eigenvalue weighted by atomic mass is 10.1. The van der Waals surface area contributed by atoms with Crippen LogP contribution in [-0.4, -0.2) is 54.6 Å². The summed E-state index contributed by atoms with van der Waals surface area (Å²) in [6, 6.07) is 1.13. The first kappa shape index (κ1) is 23.1. The summed E-state index contributed by atoms with van der Waals surface area (Å²) in [5.74, 6) is -5.57. The summed E-state index contributed by atoms with van der Waals surface area (Å²) >= 11 is 0. The molecule has 0 aliphatic rings. The molecule has 154 valence electrons. The number of alkyl halides is 1. The number of benzene rings is 1. The van der Waals surface area contributed by atoms with E-state index in [1.54, 1.807) is 0 Å². The van der Waals surface area contributed by atoms with E-state index in [9.17, 15) is 38.7 Å². The molecule has 27 heavy (non-hydrogen) atoms. The molecular formula is C14H17F4NO6S2. The first-order valence-corrected chi connectivity index (χ1v) is 10.7. The second-order valence-electron chi connectivity index (χ2n) is 5.31. The Kier molecular flexibility index (Phi) is 8.02.